The zero-order chi connectivity index (χ0) is 15.5. The highest BCUT2D eigenvalue weighted by Gasteiger charge is 2.25. The van der Waals surface area contributed by atoms with Crippen molar-refractivity contribution in [1.82, 2.24) is 4.90 Å². The second kappa shape index (κ2) is 6.65. The molecule has 0 aliphatic carbocycles. The van der Waals surface area contributed by atoms with Crippen LogP contribution in [0, 0.1) is 5.82 Å². The molecule has 22 heavy (non-hydrogen) atoms. The highest BCUT2D eigenvalue weighted by molar-refractivity contribution is 5.65. The molecule has 1 aromatic rings. The van der Waals surface area contributed by atoms with Crippen molar-refractivity contribution in [2.75, 3.05) is 31.6 Å². The fraction of sp³-hybridized carbons (Fsp3) is 0.588. The molecule has 0 amide bonds. The zero-order valence-corrected chi connectivity index (χ0v) is 13.3. The highest BCUT2D eigenvalue weighted by atomic mass is 19.1. The van der Waals surface area contributed by atoms with Crippen molar-refractivity contribution in [3.8, 4) is 0 Å². The van der Waals surface area contributed by atoms with Crippen LogP contribution in [0.25, 0.3) is 0 Å². The Morgan fingerprint density at radius 1 is 1.36 bits per heavy atom. The van der Waals surface area contributed by atoms with Crippen LogP contribution in [0.3, 0.4) is 0 Å². The van der Waals surface area contributed by atoms with Gasteiger partial charge in [-0.2, -0.15) is 0 Å². The maximum atomic E-state index is 14.5. The summed E-state index contributed by atoms with van der Waals surface area (Å²) in [4.78, 5) is 8.66. The van der Waals surface area contributed by atoms with Crippen LogP contribution in [0.1, 0.15) is 31.2 Å². The van der Waals surface area contributed by atoms with E-state index >= 15 is 0 Å². The number of aryl methyl sites for hydroxylation is 1. The number of hydrogen-bond acceptors (Lipinski definition) is 3. The van der Waals surface area contributed by atoms with Gasteiger partial charge in [0, 0.05) is 25.2 Å². The minimum absolute atomic E-state index is 0.169. The largest absolute Gasteiger partial charge is 0.390 e. The Labute approximate surface area is 131 Å². The topological polar surface area (TPSA) is 44.9 Å². The zero-order valence-electron chi connectivity index (χ0n) is 13.3. The number of aliphatic imine (C=N–C) groups is 1. The molecule has 3 rings (SSSR count). The summed E-state index contributed by atoms with van der Waals surface area (Å²) in [5, 5.41) is 0. The van der Waals surface area contributed by atoms with Crippen LogP contribution in [-0.4, -0.2) is 44.0 Å². The van der Waals surface area contributed by atoms with E-state index in [2.05, 4.69) is 21.8 Å². The van der Waals surface area contributed by atoms with Crippen molar-refractivity contribution in [2.45, 2.75) is 38.1 Å². The van der Waals surface area contributed by atoms with Gasteiger partial charge in [0.2, 0.25) is 0 Å². The number of rotatable bonds is 4. The summed E-state index contributed by atoms with van der Waals surface area (Å²) in [7, 11) is 2.19. The molecule has 1 saturated heterocycles. The molecule has 1 fully saturated rings. The summed E-state index contributed by atoms with van der Waals surface area (Å²) in [6, 6.07) is 4.10. The number of hydrogen-bond donors (Lipinski definition) is 1. The van der Waals surface area contributed by atoms with E-state index in [1.54, 1.807) is 0 Å². The molecule has 2 heterocycles. The van der Waals surface area contributed by atoms with Gasteiger partial charge >= 0.3 is 0 Å². The lowest BCUT2D eigenvalue weighted by atomic mass is 9.99. The molecule has 120 valence electrons. The third-order valence-corrected chi connectivity index (χ3v) is 4.94. The van der Waals surface area contributed by atoms with Crippen molar-refractivity contribution in [2.24, 2.45) is 10.7 Å². The molecular weight excluding hydrogens is 279 g/mol. The van der Waals surface area contributed by atoms with E-state index in [1.807, 2.05) is 6.07 Å². The average molecular weight is 304 g/mol. The van der Waals surface area contributed by atoms with Crippen molar-refractivity contribution < 1.29 is 4.39 Å². The van der Waals surface area contributed by atoms with Gasteiger partial charge in [-0.25, -0.2) is 9.38 Å². The third-order valence-electron chi connectivity index (χ3n) is 4.94. The quantitative estimate of drug-likeness (QED) is 0.687. The van der Waals surface area contributed by atoms with Crippen molar-refractivity contribution in [3.05, 3.63) is 23.5 Å². The molecule has 0 aromatic heterocycles. The first-order valence-corrected chi connectivity index (χ1v) is 8.21. The lowest BCUT2D eigenvalue weighted by Gasteiger charge is -2.33. The first-order chi connectivity index (χ1) is 10.7. The first-order valence-electron chi connectivity index (χ1n) is 8.21. The molecule has 1 aromatic carbocycles. The van der Waals surface area contributed by atoms with E-state index in [4.69, 9.17) is 5.73 Å². The van der Waals surface area contributed by atoms with E-state index in [0.717, 1.165) is 43.6 Å². The summed E-state index contributed by atoms with van der Waals surface area (Å²) in [6.45, 7) is 3.06. The van der Waals surface area contributed by atoms with Gasteiger partial charge < -0.3 is 15.5 Å². The predicted molar refractivity (Wildman–Crippen MR) is 89.5 cm³/mol. The molecule has 1 atom stereocenters. The summed E-state index contributed by atoms with van der Waals surface area (Å²) in [6.07, 6.45) is 6.87. The van der Waals surface area contributed by atoms with Crippen LogP contribution >= 0.6 is 0 Å². The average Bonchev–Trinajstić information content (AvgIpc) is 2.90. The predicted octanol–water partition coefficient (Wildman–Crippen LogP) is 2.68. The van der Waals surface area contributed by atoms with Crippen LogP contribution in [0.5, 0.6) is 0 Å². The summed E-state index contributed by atoms with van der Waals surface area (Å²) < 4.78 is 14.5. The minimum atomic E-state index is -0.169. The Morgan fingerprint density at radius 3 is 2.95 bits per heavy atom. The second-order valence-corrected chi connectivity index (χ2v) is 6.37. The Balaban J connectivity index is 1.76. The number of fused-ring (bicyclic) bond motifs is 1. The summed E-state index contributed by atoms with van der Waals surface area (Å²) >= 11 is 0. The number of nitrogens with two attached hydrogens (primary N) is 1. The van der Waals surface area contributed by atoms with Gasteiger partial charge in [-0.05, 0) is 57.3 Å². The Hall–Kier alpha value is -1.62. The standard InChI is InChI=1S/C17H25FN4/c1-21-7-3-5-15(21)6-9-22-8-2-4-13-10-14(20-12-19)11-16(18)17(13)22/h10-12,15H,2-9H2,1H3,(H2,19,20). The van der Waals surface area contributed by atoms with E-state index in [0.29, 0.717) is 11.7 Å². The lowest BCUT2D eigenvalue weighted by Crippen LogP contribution is -2.35. The molecule has 0 bridgehead atoms. The van der Waals surface area contributed by atoms with Gasteiger partial charge in [0.05, 0.1) is 17.7 Å². The molecule has 0 saturated carbocycles. The summed E-state index contributed by atoms with van der Waals surface area (Å²) in [5.41, 5.74) is 7.76. The maximum Gasteiger partial charge on any atom is 0.148 e. The number of likely N-dealkylation sites (tertiary alicyclic amines) is 1. The van der Waals surface area contributed by atoms with Gasteiger partial charge in [-0.1, -0.05) is 0 Å². The van der Waals surface area contributed by atoms with Gasteiger partial charge in [0.25, 0.3) is 0 Å². The van der Waals surface area contributed by atoms with Crippen molar-refractivity contribution in [1.29, 1.82) is 0 Å². The third kappa shape index (κ3) is 3.09. The summed E-state index contributed by atoms with van der Waals surface area (Å²) in [5.74, 6) is -0.169. The molecule has 4 nitrogen and oxygen atoms in total. The number of anilines is 1. The molecular formula is C17H25FN4. The van der Waals surface area contributed by atoms with Gasteiger partial charge in [0.15, 0.2) is 0 Å². The molecule has 2 aliphatic rings. The Kier molecular flexibility index (Phi) is 4.62. The minimum Gasteiger partial charge on any atom is -0.390 e. The van der Waals surface area contributed by atoms with Crippen LogP contribution < -0.4 is 10.6 Å². The van der Waals surface area contributed by atoms with Gasteiger partial charge in [-0.15, -0.1) is 0 Å². The fourth-order valence-electron chi connectivity index (χ4n) is 3.79. The molecule has 5 heteroatoms. The molecule has 0 spiro atoms. The van der Waals surface area contributed by atoms with Gasteiger partial charge in [0.1, 0.15) is 5.82 Å². The first kappa shape index (κ1) is 15.3. The van der Waals surface area contributed by atoms with Crippen LogP contribution in [-0.2, 0) is 6.42 Å². The molecule has 2 N–H and O–H groups in total. The number of benzene rings is 1. The maximum absolute atomic E-state index is 14.5. The van der Waals surface area contributed by atoms with E-state index < -0.39 is 0 Å². The lowest BCUT2D eigenvalue weighted by molar-refractivity contribution is 0.297. The smallest absolute Gasteiger partial charge is 0.148 e. The van der Waals surface area contributed by atoms with Crippen LogP contribution in [0.15, 0.2) is 17.1 Å². The molecule has 0 radical (unpaired) electrons. The van der Waals surface area contributed by atoms with E-state index in [9.17, 15) is 4.39 Å². The SMILES string of the molecule is CN1CCCC1CCN1CCCc2cc(N=CN)cc(F)c21. The fourth-order valence-corrected chi connectivity index (χ4v) is 3.79. The normalized spacial score (nSPS) is 22.5. The second-order valence-electron chi connectivity index (χ2n) is 6.37. The van der Waals surface area contributed by atoms with Crippen LogP contribution in [0.4, 0.5) is 15.8 Å². The number of halogens is 1. The monoisotopic (exact) mass is 304 g/mol. The van der Waals surface area contributed by atoms with Gasteiger partial charge in [-0.3, -0.25) is 0 Å². The molecule has 2 aliphatic heterocycles. The van der Waals surface area contributed by atoms with E-state index in [1.165, 1.54) is 31.8 Å². The van der Waals surface area contributed by atoms with Crippen molar-refractivity contribution >= 4 is 17.7 Å². The Bertz CT molecular complexity index is 558. The molecule has 1 unspecified atom stereocenters. The van der Waals surface area contributed by atoms with E-state index in [-0.39, 0.29) is 5.82 Å². The highest BCUT2D eigenvalue weighted by Crippen LogP contribution is 2.34. The van der Waals surface area contributed by atoms with Crippen molar-refractivity contribution in [3.63, 3.8) is 0 Å². The number of nitrogens with zero attached hydrogens (tertiary/aromatic N) is 3. The Morgan fingerprint density at radius 2 is 2.23 bits per heavy atom. The van der Waals surface area contributed by atoms with Crippen LogP contribution in [0.2, 0.25) is 0 Å².